The van der Waals surface area contributed by atoms with Crippen molar-refractivity contribution in [3.8, 4) is 17.2 Å². The van der Waals surface area contributed by atoms with Crippen molar-refractivity contribution >= 4 is 5.69 Å². The van der Waals surface area contributed by atoms with Gasteiger partial charge >= 0.3 is 5.69 Å². The summed E-state index contributed by atoms with van der Waals surface area (Å²) < 4.78 is 15.4. The summed E-state index contributed by atoms with van der Waals surface area (Å²) in [6, 6.07) is 2.71. The molecule has 0 saturated heterocycles. The molecule has 0 aliphatic carbocycles. The molecule has 0 saturated carbocycles. The van der Waals surface area contributed by atoms with E-state index in [1.54, 1.807) is 0 Å². The van der Waals surface area contributed by atoms with E-state index < -0.39 is 4.92 Å². The molecule has 1 rings (SSSR count). The zero-order chi connectivity index (χ0) is 13.5. The third kappa shape index (κ3) is 3.24. The monoisotopic (exact) mass is 256 g/mol. The van der Waals surface area contributed by atoms with Gasteiger partial charge in [0.05, 0.1) is 31.8 Å². The normalized spacial score (nSPS) is 9.94. The zero-order valence-corrected chi connectivity index (χ0v) is 10.3. The quantitative estimate of drug-likeness (QED) is 0.449. The average molecular weight is 256 g/mol. The van der Waals surface area contributed by atoms with Crippen molar-refractivity contribution in [1.82, 2.24) is 0 Å². The highest BCUT2D eigenvalue weighted by Crippen LogP contribution is 2.39. The fourth-order valence-corrected chi connectivity index (χ4v) is 1.37. The number of hydrogen-bond donors (Lipinski definition) is 1. The van der Waals surface area contributed by atoms with Crippen LogP contribution in [0.2, 0.25) is 0 Å². The van der Waals surface area contributed by atoms with Crippen molar-refractivity contribution in [3.05, 3.63) is 22.2 Å². The van der Waals surface area contributed by atoms with Gasteiger partial charge in [-0.15, -0.1) is 0 Å². The van der Waals surface area contributed by atoms with Crippen LogP contribution in [0.3, 0.4) is 0 Å². The summed E-state index contributed by atoms with van der Waals surface area (Å²) >= 11 is 0. The lowest BCUT2D eigenvalue weighted by Crippen LogP contribution is -2.07. The minimum Gasteiger partial charge on any atom is -0.493 e. The summed E-state index contributed by atoms with van der Waals surface area (Å²) in [5, 5.41) is 10.9. The fourth-order valence-electron chi connectivity index (χ4n) is 1.37. The van der Waals surface area contributed by atoms with E-state index in [9.17, 15) is 10.1 Å². The SMILES string of the molecule is COc1cc(OCCCN)c([N+](=O)[O-])cc1OC. The van der Waals surface area contributed by atoms with Crippen LogP contribution in [-0.4, -0.2) is 32.3 Å². The fraction of sp³-hybridized carbons (Fsp3) is 0.455. The number of hydrogen-bond acceptors (Lipinski definition) is 6. The van der Waals surface area contributed by atoms with Crippen molar-refractivity contribution < 1.29 is 19.1 Å². The summed E-state index contributed by atoms with van der Waals surface area (Å²) in [5.41, 5.74) is 5.17. The summed E-state index contributed by atoms with van der Waals surface area (Å²) in [6.45, 7) is 0.772. The Bertz CT molecular complexity index is 422. The van der Waals surface area contributed by atoms with Crippen LogP contribution in [-0.2, 0) is 0 Å². The number of nitro groups is 1. The molecule has 7 heteroatoms. The van der Waals surface area contributed by atoms with Crippen molar-refractivity contribution in [2.75, 3.05) is 27.4 Å². The van der Waals surface area contributed by atoms with Gasteiger partial charge in [-0.1, -0.05) is 0 Å². The number of nitro benzene ring substituents is 1. The van der Waals surface area contributed by atoms with Crippen molar-refractivity contribution in [3.63, 3.8) is 0 Å². The van der Waals surface area contributed by atoms with Crippen molar-refractivity contribution in [1.29, 1.82) is 0 Å². The van der Waals surface area contributed by atoms with E-state index in [2.05, 4.69) is 0 Å². The number of methoxy groups -OCH3 is 2. The largest absolute Gasteiger partial charge is 0.493 e. The second kappa shape index (κ2) is 6.65. The van der Waals surface area contributed by atoms with E-state index in [1.165, 1.54) is 26.4 Å². The Morgan fingerprint density at radius 1 is 1.22 bits per heavy atom. The molecule has 0 aliphatic rings. The molecule has 0 spiro atoms. The Balaban J connectivity index is 3.08. The molecule has 0 atom stereocenters. The molecule has 7 nitrogen and oxygen atoms in total. The van der Waals surface area contributed by atoms with Gasteiger partial charge in [-0.25, -0.2) is 0 Å². The van der Waals surface area contributed by atoms with E-state index in [0.717, 1.165) is 0 Å². The topological polar surface area (TPSA) is 96.9 Å². The Hall–Kier alpha value is -2.02. The van der Waals surface area contributed by atoms with Crippen LogP contribution in [0.25, 0.3) is 0 Å². The minimum atomic E-state index is -0.528. The van der Waals surface area contributed by atoms with Crippen LogP contribution in [0.15, 0.2) is 12.1 Å². The first-order chi connectivity index (χ1) is 8.63. The number of nitrogens with zero attached hydrogens (tertiary/aromatic N) is 1. The van der Waals surface area contributed by atoms with Crippen LogP contribution < -0.4 is 19.9 Å². The first-order valence-electron chi connectivity index (χ1n) is 5.37. The number of nitrogens with two attached hydrogens (primary N) is 1. The molecule has 0 amide bonds. The summed E-state index contributed by atoms with van der Waals surface area (Å²) in [5.74, 6) is 0.812. The molecule has 18 heavy (non-hydrogen) atoms. The number of benzene rings is 1. The van der Waals surface area contributed by atoms with Crippen LogP contribution in [0.5, 0.6) is 17.2 Å². The van der Waals surface area contributed by atoms with Gasteiger partial charge in [-0.05, 0) is 13.0 Å². The molecule has 0 fully saturated rings. The average Bonchev–Trinajstić information content (AvgIpc) is 2.38. The molecule has 1 aromatic rings. The maximum absolute atomic E-state index is 10.9. The maximum Gasteiger partial charge on any atom is 0.314 e. The third-order valence-corrected chi connectivity index (χ3v) is 2.27. The van der Waals surface area contributed by atoms with Gasteiger partial charge in [-0.2, -0.15) is 0 Å². The predicted octanol–water partition coefficient (Wildman–Crippen LogP) is 1.34. The first kappa shape index (κ1) is 14.0. The van der Waals surface area contributed by atoms with E-state index in [1.807, 2.05) is 0 Å². The smallest absolute Gasteiger partial charge is 0.314 e. The van der Waals surface area contributed by atoms with Gasteiger partial charge in [0.15, 0.2) is 11.5 Å². The van der Waals surface area contributed by atoms with Gasteiger partial charge in [0.1, 0.15) is 0 Å². The minimum absolute atomic E-state index is 0.145. The van der Waals surface area contributed by atoms with Crippen molar-refractivity contribution in [2.45, 2.75) is 6.42 Å². The Morgan fingerprint density at radius 2 is 1.83 bits per heavy atom. The van der Waals surface area contributed by atoms with E-state index in [0.29, 0.717) is 25.3 Å². The lowest BCUT2D eigenvalue weighted by atomic mass is 10.2. The summed E-state index contributed by atoms with van der Waals surface area (Å²) in [4.78, 5) is 10.4. The molecule has 0 radical (unpaired) electrons. The van der Waals surface area contributed by atoms with Gasteiger partial charge in [-0.3, -0.25) is 10.1 Å². The molecule has 0 aliphatic heterocycles. The molecule has 2 N–H and O–H groups in total. The van der Waals surface area contributed by atoms with Crippen LogP contribution in [0, 0.1) is 10.1 Å². The molecule has 1 aromatic carbocycles. The second-order valence-corrected chi connectivity index (χ2v) is 3.42. The molecule has 100 valence electrons. The highest BCUT2D eigenvalue weighted by molar-refractivity contribution is 5.58. The van der Waals surface area contributed by atoms with Crippen LogP contribution in [0.4, 0.5) is 5.69 Å². The highest BCUT2D eigenvalue weighted by Gasteiger charge is 2.20. The summed E-state index contributed by atoms with van der Waals surface area (Å²) in [7, 11) is 2.86. The lowest BCUT2D eigenvalue weighted by Gasteiger charge is -2.11. The molecule has 0 unspecified atom stereocenters. The Morgan fingerprint density at radius 3 is 2.33 bits per heavy atom. The number of rotatable bonds is 7. The van der Waals surface area contributed by atoms with Gasteiger partial charge < -0.3 is 19.9 Å². The Kier molecular flexibility index (Phi) is 5.19. The second-order valence-electron chi connectivity index (χ2n) is 3.42. The highest BCUT2D eigenvalue weighted by atomic mass is 16.6. The molecule has 0 aromatic heterocycles. The predicted molar refractivity (Wildman–Crippen MR) is 65.4 cm³/mol. The van der Waals surface area contributed by atoms with E-state index in [4.69, 9.17) is 19.9 Å². The van der Waals surface area contributed by atoms with Gasteiger partial charge in [0.2, 0.25) is 5.75 Å². The summed E-state index contributed by atoms with van der Waals surface area (Å²) in [6.07, 6.45) is 0.617. The van der Waals surface area contributed by atoms with Crippen LogP contribution in [0.1, 0.15) is 6.42 Å². The van der Waals surface area contributed by atoms with Crippen LogP contribution >= 0.6 is 0 Å². The maximum atomic E-state index is 10.9. The first-order valence-corrected chi connectivity index (χ1v) is 5.37. The number of ether oxygens (including phenoxy) is 3. The lowest BCUT2D eigenvalue weighted by molar-refractivity contribution is -0.386. The molecular formula is C11H16N2O5. The zero-order valence-electron chi connectivity index (χ0n) is 10.3. The molecule has 0 heterocycles. The molecular weight excluding hydrogens is 240 g/mol. The van der Waals surface area contributed by atoms with E-state index >= 15 is 0 Å². The Labute approximate surface area is 105 Å². The van der Waals surface area contributed by atoms with E-state index in [-0.39, 0.29) is 17.2 Å². The third-order valence-electron chi connectivity index (χ3n) is 2.27. The van der Waals surface area contributed by atoms with Crippen molar-refractivity contribution in [2.24, 2.45) is 5.73 Å². The standard InChI is InChI=1S/C11H16N2O5/c1-16-10-6-8(13(14)15)9(7-11(10)17-2)18-5-3-4-12/h6-7H,3-5,12H2,1-2H3. The van der Waals surface area contributed by atoms with Gasteiger partial charge in [0, 0.05) is 6.07 Å². The molecule has 0 bridgehead atoms. The van der Waals surface area contributed by atoms with Gasteiger partial charge in [0.25, 0.3) is 0 Å².